The molecule has 1 amide bonds. The van der Waals surface area contributed by atoms with Gasteiger partial charge in [-0.1, -0.05) is 0 Å². The quantitative estimate of drug-likeness (QED) is 0.757. The molecule has 154 valence electrons. The van der Waals surface area contributed by atoms with E-state index < -0.39 is 0 Å². The fraction of sp³-hybridized carbons (Fsp3) is 0.750. The van der Waals surface area contributed by atoms with E-state index in [-0.39, 0.29) is 18.1 Å². The summed E-state index contributed by atoms with van der Waals surface area (Å²) in [6.45, 7) is 11.5. The van der Waals surface area contributed by atoms with E-state index in [1.165, 1.54) is 12.8 Å². The normalized spacial score (nSPS) is 26.7. The van der Waals surface area contributed by atoms with Gasteiger partial charge in [-0.25, -0.2) is 4.98 Å². The molecular formula is C20H32N6O2. The minimum atomic E-state index is 0.115. The Bertz CT molecular complexity index is 662. The number of morpholine rings is 1. The van der Waals surface area contributed by atoms with Crippen LogP contribution in [0.5, 0.6) is 0 Å². The predicted molar refractivity (Wildman–Crippen MR) is 109 cm³/mol. The molecule has 28 heavy (non-hydrogen) atoms. The van der Waals surface area contributed by atoms with Gasteiger partial charge in [-0.05, 0) is 32.8 Å². The predicted octanol–water partition coefficient (Wildman–Crippen LogP) is 0.835. The molecule has 2 atom stereocenters. The van der Waals surface area contributed by atoms with E-state index in [0.717, 1.165) is 51.0 Å². The number of ether oxygens (including phenoxy) is 1. The lowest BCUT2D eigenvalue weighted by Gasteiger charge is -2.38. The highest BCUT2D eigenvalue weighted by molar-refractivity contribution is 5.78. The van der Waals surface area contributed by atoms with Crippen molar-refractivity contribution in [2.24, 2.45) is 0 Å². The van der Waals surface area contributed by atoms with Gasteiger partial charge >= 0.3 is 0 Å². The molecule has 4 rings (SSSR count). The largest absolute Gasteiger partial charge is 0.372 e. The van der Waals surface area contributed by atoms with Crippen LogP contribution in [0.15, 0.2) is 12.3 Å². The summed E-state index contributed by atoms with van der Waals surface area (Å²) in [5.74, 6) is 2.06. The monoisotopic (exact) mass is 388 g/mol. The van der Waals surface area contributed by atoms with E-state index in [2.05, 4.69) is 19.7 Å². The zero-order chi connectivity index (χ0) is 19.5. The van der Waals surface area contributed by atoms with Gasteiger partial charge in [-0.15, -0.1) is 0 Å². The van der Waals surface area contributed by atoms with Crippen LogP contribution in [0.4, 0.5) is 11.8 Å². The standard InChI is InChI=1S/C20H32N6O2/c1-16-13-26(14-17(2)28-16)19(27)15-23-9-11-25(12-10-23)20-21-6-5-18(22-20)24-7-3-4-8-24/h5-6,16-17H,3-4,7-15H2,1-2H3. The first-order valence-electron chi connectivity index (χ1n) is 10.6. The lowest BCUT2D eigenvalue weighted by molar-refractivity contribution is -0.144. The van der Waals surface area contributed by atoms with Gasteiger partial charge in [0.1, 0.15) is 5.82 Å². The van der Waals surface area contributed by atoms with Gasteiger partial charge in [0.2, 0.25) is 11.9 Å². The van der Waals surface area contributed by atoms with Gasteiger partial charge in [-0.3, -0.25) is 9.69 Å². The smallest absolute Gasteiger partial charge is 0.236 e. The number of carbonyl (C=O) groups is 1. The highest BCUT2D eigenvalue weighted by Crippen LogP contribution is 2.20. The number of carbonyl (C=O) groups excluding carboxylic acids is 1. The molecule has 3 saturated heterocycles. The molecule has 0 aliphatic carbocycles. The summed E-state index contributed by atoms with van der Waals surface area (Å²) in [6.07, 6.45) is 4.58. The fourth-order valence-corrected chi connectivity index (χ4v) is 4.39. The Hall–Kier alpha value is -1.93. The maximum Gasteiger partial charge on any atom is 0.236 e. The zero-order valence-electron chi connectivity index (χ0n) is 17.1. The Labute approximate surface area is 167 Å². The lowest BCUT2D eigenvalue weighted by Crippen LogP contribution is -2.54. The summed E-state index contributed by atoms with van der Waals surface area (Å²) in [5.41, 5.74) is 0. The summed E-state index contributed by atoms with van der Waals surface area (Å²) in [6, 6.07) is 2.01. The third kappa shape index (κ3) is 4.55. The van der Waals surface area contributed by atoms with E-state index in [9.17, 15) is 4.79 Å². The number of anilines is 2. The number of nitrogens with zero attached hydrogens (tertiary/aromatic N) is 6. The topological polar surface area (TPSA) is 65.0 Å². The van der Waals surface area contributed by atoms with E-state index in [1.54, 1.807) is 0 Å². The van der Waals surface area contributed by atoms with Crippen LogP contribution in [0.25, 0.3) is 0 Å². The zero-order valence-corrected chi connectivity index (χ0v) is 17.1. The maximum absolute atomic E-state index is 12.7. The second-order valence-electron chi connectivity index (χ2n) is 8.23. The summed E-state index contributed by atoms with van der Waals surface area (Å²) < 4.78 is 5.73. The van der Waals surface area contributed by atoms with Crippen molar-refractivity contribution in [2.45, 2.75) is 38.9 Å². The van der Waals surface area contributed by atoms with Crippen LogP contribution in [0, 0.1) is 0 Å². The Morgan fingerprint density at radius 1 is 1.04 bits per heavy atom. The highest BCUT2D eigenvalue weighted by atomic mass is 16.5. The second kappa shape index (κ2) is 8.61. The Morgan fingerprint density at radius 2 is 1.71 bits per heavy atom. The van der Waals surface area contributed by atoms with E-state index in [4.69, 9.17) is 9.72 Å². The number of piperazine rings is 1. The van der Waals surface area contributed by atoms with Crippen LogP contribution in [-0.4, -0.2) is 96.8 Å². The second-order valence-corrected chi connectivity index (χ2v) is 8.23. The fourth-order valence-electron chi connectivity index (χ4n) is 4.39. The number of amides is 1. The first kappa shape index (κ1) is 19.4. The van der Waals surface area contributed by atoms with Crippen LogP contribution in [-0.2, 0) is 9.53 Å². The Balaban J connectivity index is 1.29. The van der Waals surface area contributed by atoms with Crippen LogP contribution in [0.2, 0.25) is 0 Å². The van der Waals surface area contributed by atoms with Crippen molar-refractivity contribution in [3.05, 3.63) is 12.3 Å². The number of rotatable bonds is 4. The van der Waals surface area contributed by atoms with Gasteiger partial charge in [0.05, 0.1) is 18.8 Å². The number of hydrogen-bond donors (Lipinski definition) is 0. The molecule has 3 aliphatic heterocycles. The van der Waals surface area contributed by atoms with Crippen molar-refractivity contribution in [1.82, 2.24) is 19.8 Å². The molecule has 3 fully saturated rings. The van der Waals surface area contributed by atoms with Gasteiger partial charge in [-0.2, -0.15) is 4.98 Å². The number of aromatic nitrogens is 2. The third-order valence-electron chi connectivity index (χ3n) is 5.84. The Kier molecular flexibility index (Phi) is 5.96. The SMILES string of the molecule is CC1CN(C(=O)CN2CCN(c3nccc(N4CCCC4)n3)CC2)CC(C)O1. The van der Waals surface area contributed by atoms with Gasteiger partial charge in [0.25, 0.3) is 0 Å². The summed E-state index contributed by atoms with van der Waals surface area (Å²) in [4.78, 5) is 30.7. The minimum Gasteiger partial charge on any atom is -0.372 e. The summed E-state index contributed by atoms with van der Waals surface area (Å²) in [5, 5.41) is 0. The van der Waals surface area contributed by atoms with E-state index in [0.29, 0.717) is 19.6 Å². The molecule has 8 nitrogen and oxygen atoms in total. The van der Waals surface area contributed by atoms with Gasteiger partial charge in [0.15, 0.2) is 0 Å². The van der Waals surface area contributed by atoms with Crippen LogP contribution in [0.1, 0.15) is 26.7 Å². The third-order valence-corrected chi connectivity index (χ3v) is 5.84. The van der Waals surface area contributed by atoms with Crippen molar-refractivity contribution in [3.63, 3.8) is 0 Å². The molecule has 8 heteroatoms. The van der Waals surface area contributed by atoms with Gasteiger partial charge in [0, 0.05) is 58.6 Å². The molecular weight excluding hydrogens is 356 g/mol. The Morgan fingerprint density at radius 3 is 2.39 bits per heavy atom. The summed E-state index contributed by atoms with van der Waals surface area (Å²) in [7, 11) is 0. The molecule has 0 spiro atoms. The van der Waals surface area contributed by atoms with Crippen LogP contribution < -0.4 is 9.80 Å². The highest BCUT2D eigenvalue weighted by Gasteiger charge is 2.28. The first-order valence-corrected chi connectivity index (χ1v) is 10.6. The molecule has 1 aromatic heterocycles. The van der Waals surface area contributed by atoms with Crippen molar-refractivity contribution in [1.29, 1.82) is 0 Å². The lowest BCUT2D eigenvalue weighted by atomic mass is 10.2. The molecule has 0 saturated carbocycles. The summed E-state index contributed by atoms with van der Waals surface area (Å²) >= 11 is 0. The average molecular weight is 389 g/mol. The molecule has 0 aromatic carbocycles. The van der Waals surface area contributed by atoms with Crippen LogP contribution >= 0.6 is 0 Å². The number of hydrogen-bond acceptors (Lipinski definition) is 7. The van der Waals surface area contributed by atoms with Crippen LogP contribution in [0.3, 0.4) is 0 Å². The van der Waals surface area contributed by atoms with Crippen molar-refractivity contribution < 1.29 is 9.53 Å². The molecule has 4 heterocycles. The minimum absolute atomic E-state index is 0.115. The van der Waals surface area contributed by atoms with Crippen molar-refractivity contribution >= 4 is 17.7 Å². The molecule has 2 unspecified atom stereocenters. The average Bonchev–Trinajstić information content (AvgIpc) is 3.23. The van der Waals surface area contributed by atoms with Crippen molar-refractivity contribution in [3.8, 4) is 0 Å². The van der Waals surface area contributed by atoms with Gasteiger partial charge < -0.3 is 19.4 Å². The molecule has 1 aromatic rings. The molecule has 0 N–H and O–H groups in total. The van der Waals surface area contributed by atoms with E-state index >= 15 is 0 Å². The first-order chi connectivity index (χ1) is 13.6. The van der Waals surface area contributed by atoms with Crippen molar-refractivity contribution in [2.75, 3.05) is 68.7 Å². The molecule has 3 aliphatic rings. The molecule has 0 radical (unpaired) electrons. The van der Waals surface area contributed by atoms with E-state index in [1.807, 2.05) is 31.0 Å². The molecule has 0 bridgehead atoms. The maximum atomic E-state index is 12.7.